The first-order chi connectivity index (χ1) is 4.39. The largest absolute Gasteiger partial charge is 0.480 e. The molecular formula is C7H14O2S. The van der Waals surface area contributed by atoms with Crippen molar-refractivity contribution in [2.75, 3.05) is 6.26 Å². The van der Waals surface area contributed by atoms with Crippen LogP contribution in [0, 0.1) is 5.41 Å². The maximum Gasteiger partial charge on any atom is 0.317 e. The molecule has 0 saturated carbocycles. The smallest absolute Gasteiger partial charge is 0.317 e. The average molecular weight is 162 g/mol. The Morgan fingerprint density at radius 2 is 1.90 bits per heavy atom. The summed E-state index contributed by atoms with van der Waals surface area (Å²) in [5.41, 5.74) is -0.148. The summed E-state index contributed by atoms with van der Waals surface area (Å²) in [4.78, 5) is 10.6. The third-order valence-corrected chi connectivity index (χ3v) is 2.63. The molecule has 0 radical (unpaired) electrons. The fourth-order valence-corrected chi connectivity index (χ4v) is 1.73. The topological polar surface area (TPSA) is 37.3 Å². The molecule has 1 atom stereocenters. The minimum absolute atomic E-state index is 0.148. The Morgan fingerprint density at radius 1 is 1.50 bits per heavy atom. The monoisotopic (exact) mass is 162 g/mol. The zero-order valence-electron chi connectivity index (χ0n) is 6.84. The number of carboxylic acids is 1. The van der Waals surface area contributed by atoms with Gasteiger partial charge in [0.15, 0.2) is 0 Å². The van der Waals surface area contributed by atoms with Gasteiger partial charge in [0.25, 0.3) is 0 Å². The molecule has 2 nitrogen and oxygen atoms in total. The van der Waals surface area contributed by atoms with Crippen LogP contribution in [0.25, 0.3) is 0 Å². The highest BCUT2D eigenvalue weighted by molar-refractivity contribution is 7.99. The molecule has 0 rings (SSSR count). The summed E-state index contributed by atoms with van der Waals surface area (Å²) in [6.07, 6.45) is 1.82. The zero-order chi connectivity index (χ0) is 8.36. The standard InChI is InChI=1S/C7H14O2S/c1-7(2,3)5(10-4)6(8)9/h5H,1-4H3,(H,8,9). The molecule has 0 aliphatic heterocycles. The molecule has 3 heteroatoms. The van der Waals surface area contributed by atoms with Gasteiger partial charge in [0.1, 0.15) is 5.25 Å². The number of rotatable bonds is 2. The van der Waals surface area contributed by atoms with Crippen LogP contribution in [0.15, 0.2) is 0 Å². The van der Waals surface area contributed by atoms with Gasteiger partial charge in [-0.25, -0.2) is 0 Å². The Balaban J connectivity index is 4.22. The molecule has 0 saturated heterocycles. The molecule has 0 fully saturated rings. The lowest BCUT2D eigenvalue weighted by Gasteiger charge is -2.24. The second-order valence-corrected chi connectivity index (χ2v) is 4.26. The van der Waals surface area contributed by atoms with Crippen LogP contribution in [0.1, 0.15) is 20.8 Å². The van der Waals surface area contributed by atoms with Crippen LogP contribution >= 0.6 is 11.8 Å². The zero-order valence-corrected chi connectivity index (χ0v) is 7.66. The summed E-state index contributed by atoms with van der Waals surface area (Å²) in [5.74, 6) is -0.722. The molecule has 60 valence electrons. The molecule has 0 aromatic rings. The second-order valence-electron chi connectivity index (χ2n) is 3.32. The summed E-state index contributed by atoms with van der Waals surface area (Å²) in [5, 5.41) is 8.39. The van der Waals surface area contributed by atoms with Crippen molar-refractivity contribution < 1.29 is 9.90 Å². The van der Waals surface area contributed by atoms with E-state index in [1.54, 1.807) is 0 Å². The Labute approximate surface area is 66.0 Å². The van der Waals surface area contributed by atoms with E-state index in [-0.39, 0.29) is 10.7 Å². The van der Waals surface area contributed by atoms with Crippen molar-refractivity contribution in [2.24, 2.45) is 5.41 Å². The van der Waals surface area contributed by atoms with Gasteiger partial charge in [-0.3, -0.25) is 4.79 Å². The van der Waals surface area contributed by atoms with Gasteiger partial charge in [0.2, 0.25) is 0 Å². The minimum atomic E-state index is -0.722. The van der Waals surface area contributed by atoms with Crippen molar-refractivity contribution in [3.05, 3.63) is 0 Å². The van der Waals surface area contributed by atoms with Crippen molar-refractivity contribution in [1.82, 2.24) is 0 Å². The molecule has 0 aromatic carbocycles. The molecule has 0 spiro atoms. The number of hydrogen-bond acceptors (Lipinski definition) is 2. The van der Waals surface area contributed by atoms with Gasteiger partial charge >= 0.3 is 5.97 Å². The number of carboxylic acid groups (broad SMARTS) is 1. The van der Waals surface area contributed by atoms with Crippen molar-refractivity contribution in [3.8, 4) is 0 Å². The maximum atomic E-state index is 10.6. The summed E-state index contributed by atoms with van der Waals surface area (Å²) in [7, 11) is 0. The predicted molar refractivity (Wildman–Crippen MR) is 44.4 cm³/mol. The van der Waals surface area contributed by atoms with Gasteiger partial charge < -0.3 is 5.11 Å². The predicted octanol–water partition coefficient (Wildman–Crippen LogP) is 1.85. The Kier molecular flexibility index (Phi) is 3.22. The number of hydrogen-bond donors (Lipinski definition) is 1. The van der Waals surface area contributed by atoms with Gasteiger partial charge in [-0.05, 0) is 11.7 Å². The highest BCUT2D eigenvalue weighted by Gasteiger charge is 2.29. The molecule has 0 aliphatic rings. The summed E-state index contributed by atoms with van der Waals surface area (Å²) in [6, 6.07) is 0. The molecule has 10 heavy (non-hydrogen) atoms. The van der Waals surface area contributed by atoms with E-state index in [0.717, 1.165) is 0 Å². The average Bonchev–Trinajstić information content (AvgIpc) is 1.60. The van der Waals surface area contributed by atoms with Crippen LogP contribution < -0.4 is 0 Å². The Bertz CT molecular complexity index is 126. The molecule has 0 heterocycles. The normalized spacial score (nSPS) is 14.8. The van der Waals surface area contributed by atoms with Gasteiger partial charge in [-0.2, -0.15) is 0 Å². The summed E-state index contributed by atoms with van der Waals surface area (Å²) >= 11 is 1.39. The van der Waals surface area contributed by atoms with Crippen LogP contribution in [0.2, 0.25) is 0 Å². The molecule has 1 N–H and O–H groups in total. The molecular weight excluding hydrogens is 148 g/mol. The number of carbonyl (C=O) groups is 1. The first kappa shape index (κ1) is 9.82. The van der Waals surface area contributed by atoms with E-state index >= 15 is 0 Å². The lowest BCUT2D eigenvalue weighted by Crippen LogP contribution is -2.30. The Hall–Kier alpha value is -0.180. The highest BCUT2D eigenvalue weighted by Crippen LogP contribution is 2.28. The van der Waals surface area contributed by atoms with Crippen molar-refractivity contribution in [3.63, 3.8) is 0 Å². The number of aliphatic carboxylic acids is 1. The van der Waals surface area contributed by atoms with Crippen LogP contribution in [-0.4, -0.2) is 22.6 Å². The van der Waals surface area contributed by atoms with E-state index in [0.29, 0.717) is 0 Å². The SMILES string of the molecule is CSC(C(=O)O)C(C)(C)C. The first-order valence-corrected chi connectivity index (χ1v) is 4.44. The van der Waals surface area contributed by atoms with E-state index in [9.17, 15) is 4.79 Å². The summed E-state index contributed by atoms with van der Waals surface area (Å²) < 4.78 is 0. The van der Waals surface area contributed by atoms with Crippen LogP contribution in [0.4, 0.5) is 0 Å². The van der Waals surface area contributed by atoms with E-state index < -0.39 is 5.97 Å². The lowest BCUT2D eigenvalue weighted by atomic mass is 9.92. The molecule has 1 unspecified atom stereocenters. The number of thioether (sulfide) groups is 1. The van der Waals surface area contributed by atoms with E-state index in [1.807, 2.05) is 27.0 Å². The van der Waals surface area contributed by atoms with Crippen LogP contribution in [0.5, 0.6) is 0 Å². The van der Waals surface area contributed by atoms with E-state index in [4.69, 9.17) is 5.11 Å². The van der Waals surface area contributed by atoms with E-state index in [1.165, 1.54) is 11.8 Å². The van der Waals surface area contributed by atoms with Crippen molar-refractivity contribution in [2.45, 2.75) is 26.0 Å². The minimum Gasteiger partial charge on any atom is -0.480 e. The van der Waals surface area contributed by atoms with Gasteiger partial charge in [0.05, 0.1) is 0 Å². The second kappa shape index (κ2) is 3.28. The van der Waals surface area contributed by atoms with E-state index in [2.05, 4.69) is 0 Å². The Morgan fingerprint density at radius 3 is 1.90 bits per heavy atom. The quantitative estimate of drug-likeness (QED) is 0.673. The maximum absolute atomic E-state index is 10.6. The van der Waals surface area contributed by atoms with Crippen LogP contribution in [-0.2, 0) is 4.79 Å². The molecule has 0 aromatic heterocycles. The third-order valence-electron chi connectivity index (χ3n) is 1.25. The molecule has 0 aliphatic carbocycles. The first-order valence-electron chi connectivity index (χ1n) is 3.15. The van der Waals surface area contributed by atoms with Gasteiger partial charge in [0, 0.05) is 0 Å². The van der Waals surface area contributed by atoms with Crippen molar-refractivity contribution in [1.29, 1.82) is 0 Å². The third kappa shape index (κ3) is 2.60. The fraction of sp³-hybridized carbons (Fsp3) is 0.857. The fourth-order valence-electron chi connectivity index (χ4n) is 0.825. The van der Waals surface area contributed by atoms with Gasteiger partial charge in [-0.1, -0.05) is 20.8 Å². The van der Waals surface area contributed by atoms with Crippen LogP contribution in [0.3, 0.4) is 0 Å². The summed E-state index contributed by atoms with van der Waals surface area (Å²) in [6.45, 7) is 5.80. The lowest BCUT2D eigenvalue weighted by molar-refractivity contribution is -0.138. The van der Waals surface area contributed by atoms with Crippen molar-refractivity contribution >= 4 is 17.7 Å². The van der Waals surface area contributed by atoms with Gasteiger partial charge in [-0.15, -0.1) is 11.8 Å². The molecule has 0 amide bonds. The highest BCUT2D eigenvalue weighted by atomic mass is 32.2. The molecule has 0 bridgehead atoms.